The monoisotopic (exact) mass is 254 g/mol. The van der Waals surface area contributed by atoms with Crippen molar-refractivity contribution in [3.8, 4) is 0 Å². The SMILES string of the molecule is CCC=NNC(=O)CCCCC(=O)NN=CCC. The van der Waals surface area contributed by atoms with E-state index in [-0.39, 0.29) is 11.8 Å². The van der Waals surface area contributed by atoms with Crippen LogP contribution in [0.3, 0.4) is 0 Å². The lowest BCUT2D eigenvalue weighted by Crippen LogP contribution is -2.18. The fourth-order valence-electron chi connectivity index (χ4n) is 1.10. The number of carbonyl (C=O) groups is 2. The van der Waals surface area contributed by atoms with Crippen LogP contribution in [0.15, 0.2) is 10.2 Å². The number of rotatable bonds is 9. The van der Waals surface area contributed by atoms with Gasteiger partial charge >= 0.3 is 0 Å². The summed E-state index contributed by atoms with van der Waals surface area (Å²) in [5.74, 6) is -0.242. The number of hydrogen-bond donors (Lipinski definition) is 2. The molecule has 0 aromatic rings. The van der Waals surface area contributed by atoms with Crippen molar-refractivity contribution < 1.29 is 9.59 Å². The molecule has 0 bridgehead atoms. The van der Waals surface area contributed by atoms with Gasteiger partial charge in [-0.25, -0.2) is 10.9 Å². The molecule has 0 aromatic heterocycles. The maximum Gasteiger partial charge on any atom is 0.240 e. The molecule has 2 N–H and O–H groups in total. The van der Waals surface area contributed by atoms with Crippen LogP contribution in [0, 0.1) is 0 Å². The molecule has 2 amide bonds. The molecule has 0 aliphatic carbocycles. The predicted octanol–water partition coefficient (Wildman–Crippen LogP) is 1.57. The summed E-state index contributed by atoms with van der Waals surface area (Å²) in [6.45, 7) is 3.88. The van der Waals surface area contributed by atoms with Gasteiger partial charge in [0.2, 0.25) is 11.8 Å². The van der Waals surface area contributed by atoms with Gasteiger partial charge in [-0.1, -0.05) is 13.8 Å². The van der Waals surface area contributed by atoms with Crippen LogP contribution in [-0.2, 0) is 9.59 Å². The lowest BCUT2D eigenvalue weighted by molar-refractivity contribution is -0.123. The number of carbonyl (C=O) groups excluding carboxylic acids is 2. The van der Waals surface area contributed by atoms with Crippen LogP contribution < -0.4 is 10.9 Å². The molecule has 0 aromatic carbocycles. The van der Waals surface area contributed by atoms with E-state index in [1.165, 1.54) is 0 Å². The average molecular weight is 254 g/mol. The Hall–Kier alpha value is -1.72. The van der Waals surface area contributed by atoms with Crippen molar-refractivity contribution in [2.24, 2.45) is 10.2 Å². The number of hydrogen-bond acceptors (Lipinski definition) is 4. The van der Waals surface area contributed by atoms with Gasteiger partial charge in [0.1, 0.15) is 0 Å². The van der Waals surface area contributed by atoms with Crippen molar-refractivity contribution in [1.29, 1.82) is 0 Å². The van der Waals surface area contributed by atoms with E-state index < -0.39 is 0 Å². The van der Waals surface area contributed by atoms with Gasteiger partial charge in [0.05, 0.1) is 0 Å². The van der Waals surface area contributed by atoms with Gasteiger partial charge in [0.25, 0.3) is 0 Å². The summed E-state index contributed by atoms with van der Waals surface area (Å²) in [6.07, 6.45) is 6.95. The zero-order valence-electron chi connectivity index (χ0n) is 11.1. The summed E-state index contributed by atoms with van der Waals surface area (Å²) in [7, 11) is 0. The molecule has 6 nitrogen and oxygen atoms in total. The predicted molar refractivity (Wildman–Crippen MR) is 72.3 cm³/mol. The van der Waals surface area contributed by atoms with Crippen LogP contribution in [0.1, 0.15) is 52.4 Å². The second-order valence-electron chi connectivity index (χ2n) is 3.72. The van der Waals surface area contributed by atoms with E-state index in [4.69, 9.17) is 0 Å². The van der Waals surface area contributed by atoms with Crippen molar-refractivity contribution in [2.75, 3.05) is 0 Å². The van der Waals surface area contributed by atoms with Crippen LogP contribution in [0.5, 0.6) is 0 Å². The third kappa shape index (κ3) is 10.8. The quantitative estimate of drug-likeness (QED) is 0.372. The fraction of sp³-hybridized carbons (Fsp3) is 0.667. The van der Waals surface area contributed by atoms with Crippen LogP contribution in [0.25, 0.3) is 0 Å². The number of amides is 2. The first-order valence-corrected chi connectivity index (χ1v) is 6.31. The Labute approximate surface area is 108 Å². The van der Waals surface area contributed by atoms with Gasteiger partial charge in [-0.3, -0.25) is 9.59 Å². The zero-order valence-corrected chi connectivity index (χ0v) is 11.1. The van der Waals surface area contributed by atoms with Crippen LogP contribution in [0.4, 0.5) is 0 Å². The van der Waals surface area contributed by atoms with Gasteiger partial charge in [-0.05, 0) is 25.7 Å². The van der Waals surface area contributed by atoms with Crippen molar-refractivity contribution >= 4 is 24.2 Å². The van der Waals surface area contributed by atoms with Gasteiger partial charge in [0.15, 0.2) is 0 Å². The molecule has 0 radical (unpaired) electrons. The Bertz CT molecular complexity index is 270. The van der Waals surface area contributed by atoms with Gasteiger partial charge < -0.3 is 0 Å². The van der Waals surface area contributed by atoms with Crippen molar-refractivity contribution in [3.05, 3.63) is 0 Å². The van der Waals surface area contributed by atoms with Crippen molar-refractivity contribution in [1.82, 2.24) is 10.9 Å². The lowest BCUT2D eigenvalue weighted by atomic mass is 10.2. The third-order valence-corrected chi connectivity index (χ3v) is 1.98. The maximum absolute atomic E-state index is 11.2. The Balaban J connectivity index is 3.49. The molecule has 0 atom stereocenters. The number of unbranched alkanes of at least 4 members (excludes halogenated alkanes) is 1. The Morgan fingerprint density at radius 2 is 1.28 bits per heavy atom. The molecule has 6 heteroatoms. The van der Waals surface area contributed by atoms with Crippen LogP contribution in [0.2, 0.25) is 0 Å². The topological polar surface area (TPSA) is 82.9 Å². The molecule has 0 aliphatic rings. The summed E-state index contributed by atoms with van der Waals surface area (Å²) in [5.41, 5.74) is 4.84. The molecule has 0 heterocycles. The molecule has 0 rings (SSSR count). The first kappa shape index (κ1) is 16.3. The third-order valence-electron chi connectivity index (χ3n) is 1.98. The standard InChI is InChI=1S/C12H22N4O2/c1-3-9-13-15-11(17)7-5-6-8-12(18)16-14-10-4-2/h9-10H,3-8H2,1-2H3,(H,15,17)(H,16,18). The smallest absolute Gasteiger partial charge is 0.240 e. The van der Waals surface area contributed by atoms with Crippen LogP contribution in [-0.4, -0.2) is 24.2 Å². The largest absolute Gasteiger partial charge is 0.273 e. The highest BCUT2D eigenvalue weighted by atomic mass is 16.2. The van der Waals surface area contributed by atoms with E-state index in [1.807, 2.05) is 13.8 Å². The summed E-state index contributed by atoms with van der Waals surface area (Å²) < 4.78 is 0. The number of hydrazone groups is 2. The van der Waals surface area contributed by atoms with E-state index >= 15 is 0 Å². The maximum atomic E-state index is 11.2. The molecular weight excluding hydrogens is 232 g/mol. The van der Waals surface area contributed by atoms with E-state index in [0.29, 0.717) is 25.7 Å². The minimum absolute atomic E-state index is 0.121. The first-order chi connectivity index (χ1) is 8.70. The average Bonchev–Trinajstić information content (AvgIpc) is 2.35. The molecule has 102 valence electrons. The first-order valence-electron chi connectivity index (χ1n) is 6.31. The second kappa shape index (κ2) is 11.8. The highest BCUT2D eigenvalue weighted by Crippen LogP contribution is 1.99. The summed E-state index contributed by atoms with van der Waals surface area (Å²) in [4.78, 5) is 22.4. The van der Waals surface area contributed by atoms with E-state index in [0.717, 1.165) is 12.8 Å². The van der Waals surface area contributed by atoms with Crippen LogP contribution >= 0.6 is 0 Å². The molecule has 0 saturated carbocycles. The van der Waals surface area contributed by atoms with Crippen molar-refractivity contribution in [3.63, 3.8) is 0 Å². The fourth-order valence-corrected chi connectivity index (χ4v) is 1.10. The Morgan fingerprint density at radius 1 is 0.889 bits per heavy atom. The summed E-state index contributed by atoms with van der Waals surface area (Å²) in [6, 6.07) is 0. The van der Waals surface area contributed by atoms with E-state index in [1.54, 1.807) is 12.4 Å². The minimum atomic E-state index is -0.121. The second-order valence-corrected chi connectivity index (χ2v) is 3.72. The molecule has 0 fully saturated rings. The zero-order chi connectivity index (χ0) is 13.6. The molecule has 0 saturated heterocycles. The Morgan fingerprint density at radius 3 is 1.61 bits per heavy atom. The van der Waals surface area contributed by atoms with E-state index in [9.17, 15) is 9.59 Å². The van der Waals surface area contributed by atoms with Gasteiger partial charge in [-0.2, -0.15) is 10.2 Å². The van der Waals surface area contributed by atoms with Crippen molar-refractivity contribution in [2.45, 2.75) is 52.4 Å². The number of nitrogens with one attached hydrogen (secondary N) is 2. The molecule has 18 heavy (non-hydrogen) atoms. The summed E-state index contributed by atoms with van der Waals surface area (Å²) in [5, 5.41) is 7.46. The molecule has 0 unspecified atom stereocenters. The highest BCUT2D eigenvalue weighted by Gasteiger charge is 2.02. The van der Waals surface area contributed by atoms with E-state index in [2.05, 4.69) is 21.1 Å². The molecule has 0 spiro atoms. The normalized spacial score (nSPS) is 11.0. The highest BCUT2D eigenvalue weighted by molar-refractivity contribution is 5.77. The van der Waals surface area contributed by atoms with Gasteiger partial charge in [-0.15, -0.1) is 0 Å². The Kier molecular flexibility index (Phi) is 10.6. The minimum Gasteiger partial charge on any atom is -0.273 e. The molecular formula is C12H22N4O2. The molecule has 0 aliphatic heterocycles. The summed E-state index contributed by atoms with van der Waals surface area (Å²) >= 11 is 0. The van der Waals surface area contributed by atoms with Gasteiger partial charge in [0, 0.05) is 25.3 Å². The number of nitrogens with zero attached hydrogens (tertiary/aromatic N) is 2. The lowest BCUT2D eigenvalue weighted by Gasteiger charge is -2.00.